The van der Waals surface area contributed by atoms with Gasteiger partial charge in [-0.1, -0.05) is 272 Å². The van der Waals surface area contributed by atoms with E-state index in [9.17, 15) is 14.4 Å². The Morgan fingerprint density at radius 1 is 0.284 bits per heavy atom. The highest BCUT2D eigenvalue weighted by Gasteiger charge is 2.19. The Kier molecular flexibility index (Phi) is 58.8. The first kappa shape index (κ1) is 70.3. The van der Waals surface area contributed by atoms with Crippen LogP contribution < -0.4 is 0 Å². The van der Waals surface area contributed by atoms with Crippen molar-refractivity contribution in [3.63, 3.8) is 0 Å². The zero-order valence-corrected chi connectivity index (χ0v) is 48.6. The van der Waals surface area contributed by atoms with Crippen molar-refractivity contribution in [1.29, 1.82) is 0 Å². The lowest BCUT2D eigenvalue weighted by atomic mass is 10.0. The van der Waals surface area contributed by atoms with Gasteiger partial charge in [-0.3, -0.25) is 14.4 Å². The average molecular weight is 1030 g/mol. The summed E-state index contributed by atoms with van der Waals surface area (Å²) in [7, 11) is 0. The smallest absolute Gasteiger partial charge is 0.306 e. The van der Waals surface area contributed by atoms with Crippen molar-refractivity contribution in [1.82, 2.24) is 0 Å². The molecule has 0 heterocycles. The van der Waals surface area contributed by atoms with Gasteiger partial charge in [0.15, 0.2) is 6.10 Å². The Morgan fingerprint density at radius 3 is 0.851 bits per heavy atom. The molecule has 0 aliphatic rings. The Labute approximate surface area is 457 Å². The molecule has 74 heavy (non-hydrogen) atoms. The van der Waals surface area contributed by atoms with Crippen LogP contribution in [-0.4, -0.2) is 37.2 Å². The monoisotopic (exact) mass is 1030 g/mol. The van der Waals surface area contributed by atoms with Crippen LogP contribution in [0.4, 0.5) is 0 Å². The highest BCUT2D eigenvalue weighted by Crippen LogP contribution is 2.16. The molecule has 0 amide bonds. The van der Waals surface area contributed by atoms with Gasteiger partial charge in [-0.25, -0.2) is 0 Å². The van der Waals surface area contributed by atoms with Crippen LogP contribution in [0.1, 0.15) is 297 Å². The summed E-state index contributed by atoms with van der Waals surface area (Å²) in [6.45, 7) is 6.43. The first-order valence-corrected chi connectivity index (χ1v) is 31.2. The van der Waals surface area contributed by atoms with Crippen molar-refractivity contribution in [2.24, 2.45) is 0 Å². The maximum absolute atomic E-state index is 12.8. The lowest BCUT2D eigenvalue weighted by Crippen LogP contribution is -2.30. The molecule has 0 aliphatic carbocycles. The van der Waals surface area contributed by atoms with Crippen molar-refractivity contribution < 1.29 is 28.6 Å². The normalized spacial score (nSPS) is 12.7. The molecular weight excluding hydrogens is 913 g/mol. The van der Waals surface area contributed by atoms with E-state index in [4.69, 9.17) is 14.2 Å². The van der Waals surface area contributed by atoms with Gasteiger partial charge in [0, 0.05) is 19.3 Å². The second-order valence-corrected chi connectivity index (χ2v) is 20.6. The Hall–Kier alpha value is -3.67. The van der Waals surface area contributed by atoms with E-state index >= 15 is 0 Å². The summed E-state index contributed by atoms with van der Waals surface area (Å²) in [5.74, 6) is -0.941. The number of ether oxygens (including phenoxy) is 3. The van der Waals surface area contributed by atoms with Crippen LogP contribution in [0.2, 0.25) is 0 Å². The van der Waals surface area contributed by atoms with Crippen molar-refractivity contribution in [2.45, 2.75) is 303 Å². The highest BCUT2D eigenvalue weighted by atomic mass is 16.6. The quantitative estimate of drug-likeness (QED) is 0.0261. The Balaban J connectivity index is 4.12. The van der Waals surface area contributed by atoms with Gasteiger partial charge in [0.25, 0.3) is 0 Å². The third-order valence-corrected chi connectivity index (χ3v) is 13.3. The van der Waals surface area contributed by atoms with E-state index in [1.54, 1.807) is 0 Å². The first-order valence-electron chi connectivity index (χ1n) is 31.2. The predicted molar refractivity (Wildman–Crippen MR) is 320 cm³/mol. The second-order valence-electron chi connectivity index (χ2n) is 20.6. The minimum atomic E-state index is -0.798. The van der Waals surface area contributed by atoms with E-state index in [-0.39, 0.29) is 37.5 Å². The number of carbonyl (C=O) groups excluding carboxylic acids is 3. The summed E-state index contributed by atoms with van der Waals surface area (Å²) in [5, 5.41) is 0. The summed E-state index contributed by atoms with van der Waals surface area (Å²) >= 11 is 0. The van der Waals surface area contributed by atoms with Gasteiger partial charge >= 0.3 is 17.9 Å². The minimum Gasteiger partial charge on any atom is -0.462 e. The molecule has 0 aliphatic heterocycles. The van der Waals surface area contributed by atoms with Gasteiger partial charge in [0.1, 0.15) is 13.2 Å². The second kappa shape index (κ2) is 61.9. The number of hydrogen-bond donors (Lipinski definition) is 0. The molecular formula is C68H116O6. The zero-order chi connectivity index (χ0) is 53.6. The summed E-state index contributed by atoms with van der Waals surface area (Å²) in [6.07, 6.45) is 83.1. The number of carbonyl (C=O) groups is 3. The van der Waals surface area contributed by atoms with Gasteiger partial charge in [0.05, 0.1) is 0 Å². The molecule has 6 heteroatoms. The number of unbranched alkanes of at least 4 members (excludes halogenated alkanes) is 29. The molecule has 0 saturated carbocycles. The number of esters is 3. The molecule has 0 rings (SSSR count). The van der Waals surface area contributed by atoms with Crippen LogP contribution in [0.3, 0.4) is 0 Å². The van der Waals surface area contributed by atoms with Gasteiger partial charge in [-0.2, -0.15) is 0 Å². The fourth-order valence-corrected chi connectivity index (χ4v) is 8.65. The molecule has 0 spiro atoms. The highest BCUT2D eigenvalue weighted by molar-refractivity contribution is 5.71. The lowest BCUT2D eigenvalue weighted by molar-refractivity contribution is -0.167. The van der Waals surface area contributed by atoms with Crippen LogP contribution in [0, 0.1) is 0 Å². The maximum Gasteiger partial charge on any atom is 0.306 e. The third-order valence-electron chi connectivity index (χ3n) is 13.3. The molecule has 0 aromatic rings. The van der Waals surface area contributed by atoms with E-state index in [0.717, 1.165) is 96.3 Å². The van der Waals surface area contributed by atoms with Crippen molar-refractivity contribution in [3.05, 3.63) is 97.2 Å². The summed E-state index contributed by atoms with van der Waals surface area (Å²) in [5.41, 5.74) is 0. The Morgan fingerprint density at radius 2 is 0.527 bits per heavy atom. The molecule has 6 nitrogen and oxygen atoms in total. The summed E-state index contributed by atoms with van der Waals surface area (Å²) in [4.78, 5) is 37.9. The molecule has 0 fully saturated rings. The summed E-state index contributed by atoms with van der Waals surface area (Å²) < 4.78 is 16.7. The molecule has 0 bridgehead atoms. The number of rotatable bonds is 56. The Bertz CT molecular complexity index is 1460. The molecule has 0 N–H and O–H groups in total. The van der Waals surface area contributed by atoms with Crippen molar-refractivity contribution in [3.8, 4) is 0 Å². The van der Waals surface area contributed by atoms with Crippen LogP contribution in [-0.2, 0) is 28.6 Å². The van der Waals surface area contributed by atoms with Gasteiger partial charge in [-0.15, -0.1) is 0 Å². The van der Waals surface area contributed by atoms with Crippen LogP contribution in [0.25, 0.3) is 0 Å². The third kappa shape index (κ3) is 59.2. The molecule has 0 saturated heterocycles. The van der Waals surface area contributed by atoms with Gasteiger partial charge in [0.2, 0.25) is 0 Å². The van der Waals surface area contributed by atoms with E-state index in [2.05, 4.69) is 118 Å². The fraction of sp³-hybridized carbons (Fsp3) is 0.721. The number of hydrogen-bond acceptors (Lipinski definition) is 6. The fourth-order valence-electron chi connectivity index (χ4n) is 8.65. The SMILES string of the molecule is CC/C=C\C/C=C\C/C=C\C/C=C\C/C=C\C/C=C\CCCCC(=O)OC(COC(=O)CCCCCCCC)COC(=O)CCCCCCCCCCCCCCCCCCC/C=C\C/C=C\CCCCCCC. The van der Waals surface area contributed by atoms with Gasteiger partial charge in [-0.05, 0) is 103 Å². The van der Waals surface area contributed by atoms with E-state index in [1.165, 1.54) is 154 Å². The molecule has 0 radical (unpaired) electrons. The molecule has 1 atom stereocenters. The first-order chi connectivity index (χ1) is 36.5. The number of allylic oxidation sites excluding steroid dienone is 16. The van der Waals surface area contributed by atoms with Crippen LogP contribution in [0.5, 0.6) is 0 Å². The van der Waals surface area contributed by atoms with Crippen LogP contribution >= 0.6 is 0 Å². The summed E-state index contributed by atoms with van der Waals surface area (Å²) in [6, 6.07) is 0. The van der Waals surface area contributed by atoms with E-state index < -0.39 is 6.10 Å². The zero-order valence-electron chi connectivity index (χ0n) is 48.6. The molecule has 0 aromatic heterocycles. The van der Waals surface area contributed by atoms with Crippen molar-refractivity contribution in [2.75, 3.05) is 13.2 Å². The molecule has 0 aromatic carbocycles. The van der Waals surface area contributed by atoms with Gasteiger partial charge < -0.3 is 14.2 Å². The maximum atomic E-state index is 12.8. The molecule has 1 unspecified atom stereocenters. The van der Waals surface area contributed by atoms with E-state index in [1.807, 2.05) is 0 Å². The topological polar surface area (TPSA) is 78.9 Å². The predicted octanol–water partition coefficient (Wildman–Crippen LogP) is 21.3. The largest absolute Gasteiger partial charge is 0.462 e. The average Bonchev–Trinajstić information content (AvgIpc) is 3.40. The van der Waals surface area contributed by atoms with Crippen molar-refractivity contribution >= 4 is 17.9 Å². The minimum absolute atomic E-state index is 0.0935. The standard InChI is InChI=1S/C68H116O6/c1-4-7-10-13-16-18-20-22-24-26-28-30-31-32-33-34-35-36-37-39-40-42-44-46-48-50-52-55-58-61-67(70)73-64-65(63-72-66(69)60-57-54-15-12-9-6-3)74-68(71)62-59-56-53-51-49-47-45-43-41-38-29-27-25-23-21-19-17-14-11-8-5-2/h8,11,17,19-20,22-23,25-26,28-29,38,43,45,49,51,65H,4-7,9-10,12-16,18,21,24,27,30-37,39-42,44,46-48,50,52-64H2,1-3H3/b11-8-,19-17-,22-20-,25-23-,28-26-,38-29-,45-43-,51-49-. The van der Waals surface area contributed by atoms with Crippen LogP contribution in [0.15, 0.2) is 97.2 Å². The lowest BCUT2D eigenvalue weighted by Gasteiger charge is -2.18. The molecule has 424 valence electrons. The van der Waals surface area contributed by atoms with E-state index in [0.29, 0.717) is 19.3 Å².